The van der Waals surface area contributed by atoms with Crippen molar-refractivity contribution < 1.29 is 65.5 Å². The molecule has 0 aliphatic heterocycles. The molecule has 0 fully saturated rings. The Hall–Kier alpha value is -4.67. The summed E-state index contributed by atoms with van der Waals surface area (Å²) in [4.78, 5) is 19.0. The molecule has 0 atom stereocenters. The van der Waals surface area contributed by atoms with E-state index in [1.54, 1.807) is 0 Å². The molecule has 2 heterocycles. The zero-order valence-electron chi connectivity index (χ0n) is 28.4. The van der Waals surface area contributed by atoms with Gasteiger partial charge >= 0.3 is 0 Å². The van der Waals surface area contributed by atoms with Crippen molar-refractivity contribution in [1.29, 1.82) is 0 Å². The lowest BCUT2D eigenvalue weighted by atomic mass is 10.2. The summed E-state index contributed by atoms with van der Waals surface area (Å²) in [6.07, 6.45) is 0. The molecule has 5 rings (SSSR count). The average molecular weight is 948 g/mol. The molecule has 11 N–H and O–H groups in total. The fourth-order valence-corrected chi connectivity index (χ4v) is 8.82. The fraction of sp³-hybridized carbons (Fsp3) is 0.0769. The predicted octanol–water partition coefficient (Wildman–Crippen LogP) is 4.52. The summed E-state index contributed by atoms with van der Waals surface area (Å²) in [6.45, 7) is 2.47. The molecule has 25 nitrogen and oxygen atoms in total. The van der Waals surface area contributed by atoms with E-state index in [0.717, 1.165) is 24.3 Å². The van der Waals surface area contributed by atoms with Gasteiger partial charge in [-0.1, -0.05) is 0 Å². The van der Waals surface area contributed by atoms with Crippen LogP contribution in [0.3, 0.4) is 0 Å². The molecule has 2 aromatic heterocycles. The molecule has 312 valence electrons. The van der Waals surface area contributed by atoms with E-state index in [9.17, 15) is 65.5 Å². The van der Waals surface area contributed by atoms with E-state index >= 15 is 0 Å². The average Bonchev–Trinajstić information content (AvgIpc) is 3.02. The summed E-state index contributed by atoms with van der Waals surface area (Å²) >= 11 is 12.0. The number of rotatable bonds is 13. The molecule has 32 heteroatoms. The Morgan fingerprint density at radius 2 is 0.776 bits per heavy atom. The number of hydrogen-bond donors (Lipinski definition) is 11. The number of hydrogen-bond acceptors (Lipinski definition) is 21. The smallest absolute Gasteiger partial charge is 0.296 e. The van der Waals surface area contributed by atoms with Gasteiger partial charge in [-0.15, -0.1) is 0 Å². The molecule has 0 unspecified atom stereocenters. The van der Waals surface area contributed by atoms with Crippen molar-refractivity contribution in [2.45, 2.75) is 38.3 Å². The van der Waals surface area contributed by atoms with Crippen LogP contribution in [0.15, 0.2) is 66.9 Å². The van der Waals surface area contributed by atoms with Gasteiger partial charge in [0.25, 0.3) is 40.5 Å². The summed E-state index contributed by atoms with van der Waals surface area (Å²) in [5.74, 6) is -1.91. The van der Waals surface area contributed by atoms with Gasteiger partial charge in [-0.2, -0.15) is 63.6 Å². The molecule has 0 saturated heterocycles. The Morgan fingerprint density at radius 3 is 1.17 bits per heavy atom. The van der Waals surface area contributed by atoms with Crippen LogP contribution in [0.25, 0.3) is 0 Å². The molecule has 58 heavy (non-hydrogen) atoms. The van der Waals surface area contributed by atoms with Crippen molar-refractivity contribution in [2.24, 2.45) is 0 Å². The highest BCUT2D eigenvalue weighted by Gasteiger charge is 2.27. The van der Waals surface area contributed by atoms with Crippen LogP contribution in [0.4, 0.5) is 46.5 Å². The molecule has 5 aromatic rings. The van der Waals surface area contributed by atoms with Crippen LogP contribution in [0, 0.1) is 13.8 Å². The number of anilines is 8. The van der Waals surface area contributed by atoms with Crippen molar-refractivity contribution in [1.82, 2.24) is 29.9 Å². The lowest BCUT2D eigenvalue weighted by molar-refractivity contribution is 0.375. The third-order valence-electron chi connectivity index (χ3n) is 7.15. The van der Waals surface area contributed by atoms with Gasteiger partial charge in [-0.3, -0.25) is 18.2 Å². The van der Waals surface area contributed by atoms with Gasteiger partial charge in [-0.25, -0.2) is 0 Å². The first-order valence-corrected chi connectivity index (χ1v) is 22.8. The quantitative estimate of drug-likeness (QED) is 0.0722. The molecule has 0 bridgehead atoms. The highest BCUT2D eigenvalue weighted by Crippen LogP contribution is 2.47. The van der Waals surface area contributed by atoms with Crippen LogP contribution in [0.1, 0.15) is 11.1 Å². The van der Waals surface area contributed by atoms with Crippen molar-refractivity contribution in [3.8, 4) is 0 Å². The number of halogens is 2. The summed E-state index contributed by atoms with van der Waals surface area (Å²) < 4.78 is 165. The Labute approximate surface area is 338 Å². The maximum Gasteiger partial charge on any atom is 0.296 e. The van der Waals surface area contributed by atoms with Crippen molar-refractivity contribution in [3.05, 3.63) is 64.2 Å². The van der Waals surface area contributed by atoms with Crippen LogP contribution in [0.2, 0.25) is 10.6 Å². The van der Waals surface area contributed by atoms with Crippen molar-refractivity contribution in [3.63, 3.8) is 0 Å². The van der Waals surface area contributed by atoms with E-state index < -0.39 is 122 Å². The van der Waals surface area contributed by atoms with Crippen molar-refractivity contribution in [2.75, 3.05) is 21.3 Å². The normalized spacial score (nSPS) is 12.9. The van der Waals surface area contributed by atoms with Gasteiger partial charge < -0.3 is 34.9 Å². The molecule has 3 aromatic carbocycles. The molecule has 0 aliphatic rings. The SMILES string of the molecule is Cc1cc(Nc2nc(Cl)nc(Nc3ccc(Nc4nc(Cl)nc(Nc5cc(C)c(S(=O)(=O)O)cc5S(=O)(=O)O)n4)c(S(=O)(=O)O)c3)n2)c(S(=O)(=O)O)cc1S(O)(O)O. The number of nitrogens with zero attached hydrogens (tertiary/aromatic N) is 6. The lowest BCUT2D eigenvalue weighted by Crippen LogP contribution is -2.11. The van der Waals surface area contributed by atoms with Crippen LogP contribution in [0.5, 0.6) is 0 Å². The highest BCUT2D eigenvalue weighted by atomic mass is 35.5. The van der Waals surface area contributed by atoms with Crippen LogP contribution in [-0.4, -0.2) is 95.4 Å². The minimum absolute atomic E-state index is 0.0382. The van der Waals surface area contributed by atoms with Gasteiger partial charge in [0.2, 0.25) is 34.4 Å². The number of benzene rings is 3. The van der Waals surface area contributed by atoms with Crippen LogP contribution in [-0.2, 0) is 40.5 Å². The first-order chi connectivity index (χ1) is 26.5. The summed E-state index contributed by atoms with van der Waals surface area (Å²) in [7, 11) is -24.6. The summed E-state index contributed by atoms with van der Waals surface area (Å²) in [5.41, 5.74) is -1.63. The first-order valence-electron chi connectivity index (χ1n) is 14.7. The maximum atomic E-state index is 12.5. The van der Waals surface area contributed by atoms with E-state index in [2.05, 4.69) is 51.2 Å². The molecular weight excluding hydrogens is 924 g/mol. The summed E-state index contributed by atoms with van der Waals surface area (Å²) in [5, 5.41) is 8.87. The fourth-order valence-electron chi connectivity index (χ4n) is 4.87. The van der Waals surface area contributed by atoms with E-state index in [0.29, 0.717) is 12.1 Å². The summed E-state index contributed by atoms with van der Waals surface area (Å²) in [6, 6.07) is 6.18. The standard InChI is InChI=1S/C26H24Cl2N10O15S5/c1-10-5-14(19(57(48,49)50)8-16(10)54(39,40)41)31-25-35-21(27)33-23(37-25)29-12-3-4-13(18(7-12)56(45,46)47)30-24-34-22(28)36-26(38-24)32-15-6-11(2)17(55(42,43)44)9-20(15)58(51,52)53/h3-9,39-41H,1-2H3,(H,42,43,44)(H,45,46,47)(H,48,49,50)(H,51,52,53)(H2,29,31,33,35,37)(H2,30,32,34,36,38). The first kappa shape index (κ1) is 44.4. The maximum absolute atomic E-state index is 12.5. The zero-order chi connectivity index (χ0) is 43.3. The van der Waals surface area contributed by atoms with E-state index in [-0.39, 0.29) is 22.5 Å². The van der Waals surface area contributed by atoms with E-state index in [1.165, 1.54) is 19.9 Å². The molecule has 0 spiro atoms. The van der Waals surface area contributed by atoms with Gasteiger partial charge in [-0.05, 0) is 90.6 Å². The minimum atomic E-state index is -5.14. The molecule has 0 aliphatic carbocycles. The topological polar surface area (TPSA) is 404 Å². The second kappa shape index (κ2) is 15.8. The Bertz CT molecular complexity index is 2960. The number of aromatic nitrogens is 6. The molecule has 0 saturated carbocycles. The van der Waals surface area contributed by atoms with Crippen LogP contribution < -0.4 is 21.3 Å². The van der Waals surface area contributed by atoms with E-state index in [1.807, 2.05) is 0 Å². The Kier molecular flexibility index (Phi) is 12.1. The Balaban J connectivity index is 1.46. The number of nitrogens with one attached hydrogen (secondary N) is 4. The third kappa shape index (κ3) is 10.7. The lowest BCUT2D eigenvalue weighted by Gasteiger charge is -2.23. The molecule has 0 amide bonds. The second-order valence-corrected chi connectivity index (χ2v) is 19.1. The van der Waals surface area contributed by atoms with Gasteiger partial charge in [0, 0.05) is 5.69 Å². The second-order valence-electron chi connectivity index (χ2n) is 11.4. The monoisotopic (exact) mass is 946 g/mol. The third-order valence-corrected chi connectivity index (χ3v) is 12.2. The van der Waals surface area contributed by atoms with Gasteiger partial charge in [0.05, 0.1) is 26.9 Å². The zero-order valence-corrected chi connectivity index (χ0v) is 34.0. The van der Waals surface area contributed by atoms with Crippen LogP contribution >= 0.6 is 34.1 Å². The molecular formula is C26H24Cl2N10O15S5. The largest absolute Gasteiger partial charge is 0.324 e. The van der Waals surface area contributed by atoms with Gasteiger partial charge in [0.1, 0.15) is 25.6 Å². The highest BCUT2D eigenvalue weighted by molar-refractivity contribution is 8.19. The van der Waals surface area contributed by atoms with Crippen molar-refractivity contribution >= 4 is 121 Å². The van der Waals surface area contributed by atoms with E-state index in [4.69, 9.17) is 23.2 Å². The molecule has 0 radical (unpaired) electrons. The number of aryl methyl sites for hydroxylation is 2. The Morgan fingerprint density at radius 1 is 0.431 bits per heavy atom. The van der Waals surface area contributed by atoms with Gasteiger partial charge in [0.15, 0.2) is 0 Å². The predicted molar refractivity (Wildman–Crippen MR) is 205 cm³/mol. The minimum Gasteiger partial charge on any atom is -0.324 e.